The number of nitrogens with zero attached hydrogens (tertiary/aromatic N) is 1. The Morgan fingerprint density at radius 2 is 2.10 bits per heavy atom. The van der Waals surface area contributed by atoms with Crippen molar-refractivity contribution in [3.05, 3.63) is 24.5 Å². The molecule has 0 aliphatic rings. The Hall–Kier alpha value is -1.07. The summed E-state index contributed by atoms with van der Waals surface area (Å²) in [6.45, 7) is 9.02. The van der Waals surface area contributed by atoms with Gasteiger partial charge in [0.25, 0.3) is 0 Å². The summed E-state index contributed by atoms with van der Waals surface area (Å²) in [5, 5.41) is 3.56. The molecular weight excluding hydrogens is 272 g/mol. The van der Waals surface area contributed by atoms with Crippen molar-refractivity contribution in [3.8, 4) is 0 Å². The molecule has 0 aromatic carbocycles. The largest absolute Gasteiger partial charge is 0.465 e. The highest BCUT2D eigenvalue weighted by Crippen LogP contribution is 2.28. The first kappa shape index (κ1) is 17.0. The molecule has 0 aliphatic carbocycles. The van der Waals surface area contributed by atoms with E-state index < -0.39 is 5.54 Å². The van der Waals surface area contributed by atoms with E-state index >= 15 is 0 Å². The van der Waals surface area contributed by atoms with E-state index in [1.165, 1.54) is 0 Å². The second-order valence-corrected chi connectivity index (χ2v) is 6.41. The van der Waals surface area contributed by atoms with Gasteiger partial charge >= 0.3 is 5.97 Å². The third-order valence-corrected chi connectivity index (χ3v) is 4.09. The molecule has 1 N–H and O–H groups in total. The quantitative estimate of drug-likeness (QED) is 0.590. The SMILES string of the molecule is CCNC(C)(CC(C)Sc1ccncc1)C(=O)OCC. The van der Waals surface area contributed by atoms with E-state index in [-0.39, 0.29) is 5.97 Å². The highest BCUT2D eigenvalue weighted by molar-refractivity contribution is 7.99. The average Bonchev–Trinajstić information content (AvgIpc) is 2.40. The Bertz CT molecular complexity index is 414. The van der Waals surface area contributed by atoms with Crippen LogP contribution >= 0.6 is 11.8 Å². The molecule has 0 amide bonds. The van der Waals surface area contributed by atoms with Gasteiger partial charge in [0, 0.05) is 22.5 Å². The summed E-state index contributed by atoms with van der Waals surface area (Å²) in [4.78, 5) is 17.3. The fourth-order valence-electron chi connectivity index (χ4n) is 2.17. The highest BCUT2D eigenvalue weighted by atomic mass is 32.2. The monoisotopic (exact) mass is 296 g/mol. The number of nitrogens with one attached hydrogen (secondary N) is 1. The van der Waals surface area contributed by atoms with Crippen LogP contribution in [0.2, 0.25) is 0 Å². The second kappa shape index (κ2) is 8.27. The van der Waals surface area contributed by atoms with E-state index in [1.54, 1.807) is 24.2 Å². The molecule has 112 valence electrons. The number of ether oxygens (including phenoxy) is 1. The summed E-state index contributed by atoms with van der Waals surface area (Å²) in [5.74, 6) is -0.177. The molecule has 0 saturated heterocycles. The number of hydrogen-bond donors (Lipinski definition) is 1. The summed E-state index contributed by atoms with van der Waals surface area (Å²) in [6, 6.07) is 3.96. The van der Waals surface area contributed by atoms with Crippen LogP contribution in [0.3, 0.4) is 0 Å². The molecule has 0 aliphatic heterocycles. The molecule has 1 aromatic heterocycles. The minimum absolute atomic E-state index is 0.177. The lowest BCUT2D eigenvalue weighted by Gasteiger charge is -2.30. The molecule has 0 bridgehead atoms. The van der Waals surface area contributed by atoms with Gasteiger partial charge in [-0.2, -0.15) is 0 Å². The Kier molecular flexibility index (Phi) is 7.02. The number of rotatable bonds is 8. The van der Waals surface area contributed by atoms with Gasteiger partial charge in [0.05, 0.1) is 6.61 Å². The first-order valence-corrected chi connectivity index (χ1v) is 7.88. The molecular formula is C15H24N2O2S. The van der Waals surface area contributed by atoms with Crippen LogP contribution in [-0.4, -0.2) is 34.9 Å². The Balaban J connectivity index is 2.67. The van der Waals surface area contributed by atoms with E-state index in [2.05, 4.69) is 17.2 Å². The van der Waals surface area contributed by atoms with Gasteiger partial charge < -0.3 is 10.1 Å². The maximum Gasteiger partial charge on any atom is 0.326 e. The molecule has 1 rings (SSSR count). The molecule has 1 aromatic rings. The number of hydrogen-bond acceptors (Lipinski definition) is 5. The zero-order valence-corrected chi connectivity index (χ0v) is 13.5. The Labute approximate surface area is 125 Å². The van der Waals surface area contributed by atoms with Crippen molar-refractivity contribution >= 4 is 17.7 Å². The van der Waals surface area contributed by atoms with Crippen LogP contribution in [0.1, 0.15) is 34.1 Å². The minimum Gasteiger partial charge on any atom is -0.465 e. The number of carbonyl (C=O) groups is 1. The van der Waals surface area contributed by atoms with Gasteiger partial charge in [-0.05, 0) is 38.9 Å². The van der Waals surface area contributed by atoms with Crippen molar-refractivity contribution in [2.75, 3.05) is 13.2 Å². The molecule has 0 radical (unpaired) electrons. The summed E-state index contributed by atoms with van der Waals surface area (Å²) in [6.07, 6.45) is 4.28. The first-order valence-electron chi connectivity index (χ1n) is 7.00. The lowest BCUT2D eigenvalue weighted by Crippen LogP contribution is -2.51. The van der Waals surface area contributed by atoms with Gasteiger partial charge in [-0.15, -0.1) is 11.8 Å². The van der Waals surface area contributed by atoms with Crippen molar-refractivity contribution < 1.29 is 9.53 Å². The van der Waals surface area contributed by atoms with Crippen LogP contribution in [0.15, 0.2) is 29.4 Å². The molecule has 20 heavy (non-hydrogen) atoms. The van der Waals surface area contributed by atoms with E-state index in [0.717, 1.165) is 11.4 Å². The van der Waals surface area contributed by atoms with Crippen LogP contribution in [0.25, 0.3) is 0 Å². The number of carbonyl (C=O) groups excluding carboxylic acids is 1. The number of pyridine rings is 1. The van der Waals surface area contributed by atoms with Crippen LogP contribution in [-0.2, 0) is 9.53 Å². The number of aromatic nitrogens is 1. The molecule has 5 heteroatoms. The fraction of sp³-hybridized carbons (Fsp3) is 0.600. The Morgan fingerprint density at radius 1 is 1.45 bits per heavy atom. The van der Waals surface area contributed by atoms with Crippen LogP contribution in [0, 0.1) is 0 Å². The topological polar surface area (TPSA) is 51.2 Å². The maximum atomic E-state index is 12.1. The predicted molar refractivity (Wildman–Crippen MR) is 82.9 cm³/mol. The van der Waals surface area contributed by atoms with Gasteiger partial charge in [-0.1, -0.05) is 13.8 Å². The number of thioether (sulfide) groups is 1. The van der Waals surface area contributed by atoms with Gasteiger partial charge in [0.2, 0.25) is 0 Å². The number of esters is 1. The summed E-state index contributed by atoms with van der Waals surface area (Å²) < 4.78 is 5.19. The van der Waals surface area contributed by atoms with E-state index in [4.69, 9.17) is 4.74 Å². The van der Waals surface area contributed by atoms with Gasteiger partial charge in [-0.25, -0.2) is 0 Å². The molecule has 0 saturated carbocycles. The van der Waals surface area contributed by atoms with Crippen molar-refractivity contribution in [2.45, 2.75) is 49.8 Å². The third-order valence-electron chi connectivity index (χ3n) is 2.98. The van der Waals surface area contributed by atoms with Crippen LogP contribution < -0.4 is 5.32 Å². The zero-order valence-electron chi connectivity index (χ0n) is 12.7. The molecule has 2 unspecified atom stereocenters. The lowest BCUT2D eigenvalue weighted by molar-refractivity contribution is -0.150. The lowest BCUT2D eigenvalue weighted by atomic mass is 9.96. The third kappa shape index (κ3) is 5.13. The second-order valence-electron chi connectivity index (χ2n) is 4.90. The zero-order chi connectivity index (χ0) is 15.0. The maximum absolute atomic E-state index is 12.1. The van der Waals surface area contributed by atoms with Crippen LogP contribution in [0.5, 0.6) is 0 Å². The normalized spacial score (nSPS) is 15.4. The van der Waals surface area contributed by atoms with Gasteiger partial charge in [0.15, 0.2) is 0 Å². The summed E-state index contributed by atoms with van der Waals surface area (Å²) in [7, 11) is 0. The Morgan fingerprint density at radius 3 is 2.65 bits per heavy atom. The fourth-order valence-corrected chi connectivity index (χ4v) is 3.33. The number of likely N-dealkylation sites (N-methyl/N-ethyl adjacent to an activating group) is 1. The van der Waals surface area contributed by atoms with Crippen LogP contribution in [0.4, 0.5) is 0 Å². The molecule has 0 spiro atoms. The minimum atomic E-state index is -0.635. The van der Waals surface area contributed by atoms with Gasteiger partial charge in [0.1, 0.15) is 5.54 Å². The predicted octanol–water partition coefficient (Wildman–Crippen LogP) is 2.88. The van der Waals surface area contributed by atoms with Crippen molar-refractivity contribution in [1.82, 2.24) is 10.3 Å². The van der Waals surface area contributed by atoms with Crippen molar-refractivity contribution in [1.29, 1.82) is 0 Å². The molecule has 0 fully saturated rings. The van der Waals surface area contributed by atoms with E-state index in [0.29, 0.717) is 18.3 Å². The van der Waals surface area contributed by atoms with Crippen molar-refractivity contribution in [2.24, 2.45) is 0 Å². The standard InChI is InChI=1S/C15H24N2O2S/c1-5-17-15(4,14(18)19-6-2)11-12(3)20-13-7-9-16-10-8-13/h7-10,12,17H,5-6,11H2,1-4H3. The summed E-state index contributed by atoms with van der Waals surface area (Å²) in [5.41, 5.74) is -0.635. The smallest absolute Gasteiger partial charge is 0.326 e. The molecule has 2 atom stereocenters. The summed E-state index contributed by atoms with van der Waals surface area (Å²) >= 11 is 1.74. The highest BCUT2D eigenvalue weighted by Gasteiger charge is 2.35. The molecule has 1 heterocycles. The van der Waals surface area contributed by atoms with Gasteiger partial charge in [-0.3, -0.25) is 9.78 Å². The molecule has 4 nitrogen and oxygen atoms in total. The van der Waals surface area contributed by atoms with Crippen molar-refractivity contribution in [3.63, 3.8) is 0 Å². The van der Waals surface area contributed by atoms with E-state index in [1.807, 2.05) is 32.9 Å². The average molecular weight is 296 g/mol. The van der Waals surface area contributed by atoms with E-state index in [9.17, 15) is 4.79 Å². The first-order chi connectivity index (χ1) is 9.51.